The summed E-state index contributed by atoms with van der Waals surface area (Å²) in [5, 5.41) is 25.3. The van der Waals surface area contributed by atoms with E-state index in [-0.39, 0.29) is 11.5 Å². The summed E-state index contributed by atoms with van der Waals surface area (Å²) >= 11 is 0. The van der Waals surface area contributed by atoms with Gasteiger partial charge in [-0.25, -0.2) is 0 Å². The van der Waals surface area contributed by atoms with Gasteiger partial charge in [0.15, 0.2) is 0 Å². The minimum atomic E-state index is 0.254. The molecule has 0 spiro atoms. The SMILES string of the molecule is Oc1ccc(Nc2ccc(-c3ccc(Nc4ccc(O)cc4)cc3)cc2)cc1. The maximum atomic E-state index is 9.36. The van der Waals surface area contributed by atoms with Crippen LogP contribution in [-0.4, -0.2) is 10.2 Å². The summed E-state index contributed by atoms with van der Waals surface area (Å²) in [6, 6.07) is 30.4. The summed E-state index contributed by atoms with van der Waals surface area (Å²) in [4.78, 5) is 0. The van der Waals surface area contributed by atoms with Gasteiger partial charge in [-0.05, 0) is 83.9 Å². The number of phenols is 2. The van der Waals surface area contributed by atoms with E-state index in [1.54, 1.807) is 24.3 Å². The molecule has 0 bridgehead atoms. The molecule has 4 heteroatoms. The Morgan fingerprint density at radius 1 is 0.357 bits per heavy atom. The molecule has 0 saturated heterocycles. The van der Waals surface area contributed by atoms with Gasteiger partial charge in [-0.15, -0.1) is 0 Å². The van der Waals surface area contributed by atoms with Crippen LogP contribution in [0.5, 0.6) is 11.5 Å². The zero-order valence-corrected chi connectivity index (χ0v) is 15.1. The maximum Gasteiger partial charge on any atom is 0.115 e. The molecule has 0 fully saturated rings. The molecular formula is C24H20N2O2. The second-order valence-electron chi connectivity index (χ2n) is 6.50. The molecule has 0 radical (unpaired) electrons. The predicted octanol–water partition coefficient (Wildman–Crippen LogP) is 6.25. The average Bonchev–Trinajstić information content (AvgIpc) is 2.73. The Morgan fingerprint density at radius 2 is 0.607 bits per heavy atom. The van der Waals surface area contributed by atoms with Crippen molar-refractivity contribution in [1.82, 2.24) is 0 Å². The zero-order valence-electron chi connectivity index (χ0n) is 15.1. The summed E-state index contributed by atoms with van der Waals surface area (Å²) in [6.45, 7) is 0. The molecule has 0 unspecified atom stereocenters. The minimum Gasteiger partial charge on any atom is -0.508 e. The Kier molecular flexibility index (Phi) is 4.85. The molecule has 0 saturated carbocycles. The zero-order chi connectivity index (χ0) is 19.3. The fourth-order valence-corrected chi connectivity index (χ4v) is 2.91. The Hall–Kier alpha value is -3.92. The van der Waals surface area contributed by atoms with Crippen molar-refractivity contribution in [2.24, 2.45) is 0 Å². The minimum absolute atomic E-state index is 0.254. The molecule has 0 aliphatic rings. The summed E-state index contributed by atoms with van der Waals surface area (Å²) < 4.78 is 0. The van der Waals surface area contributed by atoms with Crippen molar-refractivity contribution in [2.45, 2.75) is 0 Å². The summed E-state index contributed by atoms with van der Waals surface area (Å²) in [5.74, 6) is 0.508. The van der Waals surface area contributed by atoms with Crippen molar-refractivity contribution in [3.8, 4) is 22.6 Å². The van der Waals surface area contributed by atoms with Crippen LogP contribution in [0.15, 0.2) is 97.1 Å². The Labute approximate surface area is 163 Å². The molecule has 0 heterocycles. The second kappa shape index (κ2) is 7.76. The van der Waals surface area contributed by atoms with Gasteiger partial charge in [0.2, 0.25) is 0 Å². The van der Waals surface area contributed by atoms with Crippen molar-refractivity contribution in [1.29, 1.82) is 0 Å². The first-order valence-electron chi connectivity index (χ1n) is 8.98. The molecular weight excluding hydrogens is 348 g/mol. The highest BCUT2D eigenvalue weighted by Crippen LogP contribution is 2.26. The van der Waals surface area contributed by atoms with E-state index < -0.39 is 0 Å². The molecule has 138 valence electrons. The van der Waals surface area contributed by atoms with E-state index in [0.717, 1.165) is 33.9 Å². The molecule has 0 atom stereocenters. The summed E-state index contributed by atoms with van der Waals surface area (Å²) in [5.41, 5.74) is 6.09. The fraction of sp³-hybridized carbons (Fsp3) is 0. The lowest BCUT2D eigenvalue weighted by molar-refractivity contribution is 0.475. The van der Waals surface area contributed by atoms with Crippen LogP contribution in [0.1, 0.15) is 0 Å². The first-order chi connectivity index (χ1) is 13.7. The number of hydrogen-bond acceptors (Lipinski definition) is 4. The highest BCUT2D eigenvalue weighted by atomic mass is 16.3. The van der Waals surface area contributed by atoms with Gasteiger partial charge < -0.3 is 20.8 Å². The molecule has 4 N–H and O–H groups in total. The molecule has 0 amide bonds. The molecule has 0 aliphatic heterocycles. The largest absolute Gasteiger partial charge is 0.508 e. The summed E-state index contributed by atoms with van der Waals surface area (Å²) in [6.07, 6.45) is 0. The van der Waals surface area contributed by atoms with Gasteiger partial charge in [0.05, 0.1) is 0 Å². The monoisotopic (exact) mass is 368 g/mol. The Bertz CT molecular complexity index is 951. The van der Waals surface area contributed by atoms with Crippen LogP contribution in [0.4, 0.5) is 22.7 Å². The smallest absolute Gasteiger partial charge is 0.115 e. The van der Waals surface area contributed by atoms with Crippen LogP contribution < -0.4 is 10.6 Å². The van der Waals surface area contributed by atoms with Crippen molar-refractivity contribution in [2.75, 3.05) is 10.6 Å². The third-order valence-corrected chi connectivity index (χ3v) is 4.42. The number of hydrogen-bond donors (Lipinski definition) is 4. The number of phenolic OH excluding ortho intramolecular Hbond substituents is 2. The van der Waals surface area contributed by atoms with Crippen LogP contribution in [-0.2, 0) is 0 Å². The van der Waals surface area contributed by atoms with Gasteiger partial charge in [0.25, 0.3) is 0 Å². The van der Waals surface area contributed by atoms with Crippen LogP contribution in [0.3, 0.4) is 0 Å². The number of nitrogens with one attached hydrogen (secondary N) is 2. The van der Waals surface area contributed by atoms with E-state index in [1.807, 2.05) is 48.5 Å². The number of aromatic hydroxyl groups is 2. The van der Waals surface area contributed by atoms with Crippen molar-refractivity contribution in [3.63, 3.8) is 0 Å². The fourth-order valence-electron chi connectivity index (χ4n) is 2.91. The van der Waals surface area contributed by atoms with E-state index in [9.17, 15) is 10.2 Å². The van der Waals surface area contributed by atoms with E-state index in [1.165, 1.54) is 0 Å². The lowest BCUT2D eigenvalue weighted by atomic mass is 10.0. The van der Waals surface area contributed by atoms with Gasteiger partial charge in [0, 0.05) is 22.7 Å². The molecule has 4 aromatic rings. The molecule has 4 rings (SSSR count). The second-order valence-corrected chi connectivity index (χ2v) is 6.50. The van der Waals surface area contributed by atoms with Crippen molar-refractivity contribution >= 4 is 22.7 Å². The molecule has 0 aliphatic carbocycles. The highest BCUT2D eigenvalue weighted by Gasteiger charge is 2.01. The summed E-state index contributed by atoms with van der Waals surface area (Å²) in [7, 11) is 0. The Morgan fingerprint density at radius 3 is 0.893 bits per heavy atom. The van der Waals surface area contributed by atoms with Gasteiger partial charge in [-0.2, -0.15) is 0 Å². The van der Waals surface area contributed by atoms with Crippen molar-refractivity contribution < 1.29 is 10.2 Å². The van der Waals surface area contributed by atoms with Crippen molar-refractivity contribution in [3.05, 3.63) is 97.1 Å². The number of rotatable bonds is 5. The van der Waals surface area contributed by atoms with Gasteiger partial charge in [-0.1, -0.05) is 24.3 Å². The van der Waals surface area contributed by atoms with E-state index >= 15 is 0 Å². The lowest BCUT2D eigenvalue weighted by Gasteiger charge is -2.10. The van der Waals surface area contributed by atoms with Gasteiger partial charge in [-0.3, -0.25) is 0 Å². The standard InChI is InChI=1S/C24H20N2O2/c27-23-13-9-21(10-14-23)25-19-5-1-17(2-6-19)18-3-7-20(8-4-18)26-22-11-15-24(28)16-12-22/h1-16,25-28H. The van der Waals surface area contributed by atoms with E-state index in [2.05, 4.69) is 34.9 Å². The maximum absolute atomic E-state index is 9.36. The molecule has 0 aromatic heterocycles. The molecule has 4 nitrogen and oxygen atoms in total. The number of anilines is 4. The third kappa shape index (κ3) is 4.24. The van der Waals surface area contributed by atoms with E-state index in [4.69, 9.17) is 0 Å². The first-order valence-corrected chi connectivity index (χ1v) is 8.98. The molecule has 4 aromatic carbocycles. The normalized spacial score (nSPS) is 10.4. The lowest BCUT2D eigenvalue weighted by Crippen LogP contribution is -1.90. The number of benzene rings is 4. The Balaban J connectivity index is 1.43. The van der Waals surface area contributed by atoms with Crippen LogP contribution in [0.2, 0.25) is 0 Å². The first kappa shape index (κ1) is 17.5. The van der Waals surface area contributed by atoms with Gasteiger partial charge in [0.1, 0.15) is 11.5 Å². The third-order valence-electron chi connectivity index (χ3n) is 4.42. The van der Waals surface area contributed by atoms with Crippen LogP contribution in [0.25, 0.3) is 11.1 Å². The van der Waals surface area contributed by atoms with E-state index in [0.29, 0.717) is 0 Å². The highest BCUT2D eigenvalue weighted by molar-refractivity contribution is 5.71. The van der Waals surface area contributed by atoms with Crippen LogP contribution >= 0.6 is 0 Å². The average molecular weight is 368 g/mol. The molecule has 28 heavy (non-hydrogen) atoms. The van der Waals surface area contributed by atoms with Gasteiger partial charge >= 0.3 is 0 Å². The van der Waals surface area contributed by atoms with Crippen LogP contribution in [0, 0.1) is 0 Å². The predicted molar refractivity (Wildman–Crippen MR) is 115 cm³/mol. The quantitative estimate of drug-likeness (QED) is 0.314. The topological polar surface area (TPSA) is 64.5 Å².